The van der Waals surface area contributed by atoms with E-state index in [1.54, 1.807) is 0 Å². The molecule has 15 heavy (non-hydrogen) atoms. The highest BCUT2D eigenvalue weighted by Crippen LogP contribution is 2.26. The molecule has 4 heteroatoms. The summed E-state index contributed by atoms with van der Waals surface area (Å²) in [5.41, 5.74) is -0.0483. The summed E-state index contributed by atoms with van der Waals surface area (Å²) in [6, 6.07) is 0. The first-order valence-electron chi connectivity index (χ1n) is 5.62. The first kappa shape index (κ1) is 10.6. The Morgan fingerprint density at radius 2 is 2.13 bits per heavy atom. The Balaban J connectivity index is 2.12. The third-order valence-corrected chi connectivity index (χ3v) is 2.73. The molecule has 0 aromatic carbocycles. The predicted octanol–water partition coefficient (Wildman–Crippen LogP) is 1.83. The smallest absolute Gasteiger partial charge is 0.221 e. The Morgan fingerprint density at radius 1 is 1.33 bits per heavy atom. The Labute approximate surface area is 90.5 Å². The molecule has 0 aliphatic carbocycles. The largest absolute Gasteiger partial charge is 0.424 e. The average Bonchev–Trinajstić information content (AvgIpc) is 2.67. The molecule has 1 aromatic heterocycles. The van der Waals surface area contributed by atoms with Crippen molar-refractivity contribution in [3.63, 3.8) is 0 Å². The van der Waals surface area contributed by atoms with Gasteiger partial charge in [-0.2, -0.15) is 0 Å². The van der Waals surface area contributed by atoms with Crippen LogP contribution in [0.5, 0.6) is 0 Å². The van der Waals surface area contributed by atoms with Gasteiger partial charge in [0.1, 0.15) is 0 Å². The molecule has 1 atom stereocenters. The fraction of sp³-hybridized carbons (Fsp3) is 0.818. The fourth-order valence-electron chi connectivity index (χ4n) is 1.77. The SMILES string of the molecule is CC(C)(C)c1nnc([C@@H]2CCCNC2)o1. The average molecular weight is 209 g/mol. The van der Waals surface area contributed by atoms with Crippen molar-refractivity contribution in [2.75, 3.05) is 13.1 Å². The Kier molecular flexibility index (Phi) is 2.78. The molecule has 1 N–H and O–H groups in total. The van der Waals surface area contributed by atoms with Gasteiger partial charge in [-0.25, -0.2) is 0 Å². The molecular weight excluding hydrogens is 190 g/mol. The predicted molar refractivity (Wildman–Crippen MR) is 57.8 cm³/mol. The fourth-order valence-corrected chi connectivity index (χ4v) is 1.77. The molecular formula is C11H19N3O. The van der Waals surface area contributed by atoms with Gasteiger partial charge in [-0.05, 0) is 19.4 Å². The molecule has 1 aliphatic heterocycles. The lowest BCUT2D eigenvalue weighted by Crippen LogP contribution is -2.28. The summed E-state index contributed by atoms with van der Waals surface area (Å²) in [6.07, 6.45) is 2.34. The molecule has 1 aromatic rings. The highest BCUT2D eigenvalue weighted by molar-refractivity contribution is 5.00. The highest BCUT2D eigenvalue weighted by Gasteiger charge is 2.25. The number of nitrogens with one attached hydrogen (secondary N) is 1. The molecule has 0 spiro atoms. The lowest BCUT2D eigenvalue weighted by Gasteiger charge is -2.19. The first-order valence-corrected chi connectivity index (χ1v) is 5.62. The second kappa shape index (κ2) is 3.93. The van der Waals surface area contributed by atoms with Crippen molar-refractivity contribution in [1.29, 1.82) is 0 Å². The Hall–Kier alpha value is -0.900. The summed E-state index contributed by atoms with van der Waals surface area (Å²) in [7, 11) is 0. The van der Waals surface area contributed by atoms with E-state index in [-0.39, 0.29) is 5.41 Å². The van der Waals surface area contributed by atoms with E-state index in [0.717, 1.165) is 31.3 Å². The summed E-state index contributed by atoms with van der Waals surface area (Å²) in [5.74, 6) is 1.94. The van der Waals surface area contributed by atoms with Crippen molar-refractivity contribution < 1.29 is 4.42 Å². The van der Waals surface area contributed by atoms with Crippen LogP contribution in [-0.2, 0) is 5.41 Å². The zero-order valence-electron chi connectivity index (χ0n) is 9.71. The van der Waals surface area contributed by atoms with Crippen LogP contribution < -0.4 is 5.32 Å². The van der Waals surface area contributed by atoms with E-state index in [9.17, 15) is 0 Å². The minimum Gasteiger partial charge on any atom is -0.424 e. The van der Waals surface area contributed by atoms with Crippen LogP contribution in [0.3, 0.4) is 0 Å². The maximum atomic E-state index is 5.73. The van der Waals surface area contributed by atoms with Gasteiger partial charge in [-0.15, -0.1) is 10.2 Å². The molecule has 0 unspecified atom stereocenters. The summed E-state index contributed by atoms with van der Waals surface area (Å²) in [6.45, 7) is 8.33. The van der Waals surface area contributed by atoms with E-state index in [1.807, 2.05) is 0 Å². The number of rotatable bonds is 1. The summed E-state index contributed by atoms with van der Waals surface area (Å²) in [5, 5.41) is 11.6. The third kappa shape index (κ3) is 2.37. The van der Waals surface area contributed by atoms with Gasteiger partial charge in [-0.3, -0.25) is 0 Å². The van der Waals surface area contributed by atoms with E-state index in [2.05, 4.69) is 36.3 Å². The van der Waals surface area contributed by atoms with Gasteiger partial charge in [-0.1, -0.05) is 20.8 Å². The van der Waals surface area contributed by atoms with E-state index in [4.69, 9.17) is 4.42 Å². The molecule has 1 aliphatic rings. The van der Waals surface area contributed by atoms with E-state index >= 15 is 0 Å². The first-order chi connectivity index (χ1) is 7.07. The van der Waals surface area contributed by atoms with Gasteiger partial charge < -0.3 is 9.73 Å². The Bertz CT molecular complexity index is 321. The molecule has 2 rings (SSSR count). The van der Waals surface area contributed by atoms with Crippen LogP contribution in [0.2, 0.25) is 0 Å². The van der Waals surface area contributed by atoms with Crippen LogP contribution in [0.15, 0.2) is 4.42 Å². The molecule has 0 saturated carbocycles. The standard InChI is InChI=1S/C11H19N3O/c1-11(2,3)10-14-13-9(15-10)8-5-4-6-12-7-8/h8,12H,4-7H2,1-3H3/t8-/m1/s1. The summed E-state index contributed by atoms with van der Waals surface area (Å²) < 4.78 is 5.73. The van der Waals surface area contributed by atoms with Crippen molar-refractivity contribution >= 4 is 0 Å². The van der Waals surface area contributed by atoms with Crippen LogP contribution in [0.1, 0.15) is 51.3 Å². The van der Waals surface area contributed by atoms with Crippen LogP contribution in [-0.4, -0.2) is 23.3 Å². The van der Waals surface area contributed by atoms with Gasteiger partial charge in [0.05, 0.1) is 0 Å². The van der Waals surface area contributed by atoms with Crippen LogP contribution in [0, 0.1) is 0 Å². The molecule has 0 radical (unpaired) electrons. The molecule has 0 bridgehead atoms. The topological polar surface area (TPSA) is 51.0 Å². The second-order valence-electron chi connectivity index (χ2n) is 5.24. The Morgan fingerprint density at radius 3 is 2.67 bits per heavy atom. The molecule has 4 nitrogen and oxygen atoms in total. The number of piperidine rings is 1. The highest BCUT2D eigenvalue weighted by atomic mass is 16.4. The number of hydrogen-bond acceptors (Lipinski definition) is 4. The van der Waals surface area contributed by atoms with Crippen molar-refractivity contribution in [2.45, 2.75) is 44.9 Å². The van der Waals surface area contributed by atoms with Gasteiger partial charge in [0.15, 0.2) is 0 Å². The van der Waals surface area contributed by atoms with Gasteiger partial charge in [0.2, 0.25) is 11.8 Å². The zero-order chi connectivity index (χ0) is 10.9. The summed E-state index contributed by atoms with van der Waals surface area (Å²) in [4.78, 5) is 0. The quantitative estimate of drug-likeness (QED) is 0.766. The lowest BCUT2D eigenvalue weighted by atomic mass is 9.97. The third-order valence-electron chi connectivity index (χ3n) is 2.73. The van der Waals surface area contributed by atoms with E-state index in [0.29, 0.717) is 5.92 Å². The van der Waals surface area contributed by atoms with Crippen LogP contribution >= 0.6 is 0 Å². The number of hydrogen-bond donors (Lipinski definition) is 1. The monoisotopic (exact) mass is 209 g/mol. The molecule has 1 saturated heterocycles. The number of nitrogens with zero attached hydrogens (tertiary/aromatic N) is 2. The molecule has 1 fully saturated rings. The maximum absolute atomic E-state index is 5.73. The van der Waals surface area contributed by atoms with Crippen molar-refractivity contribution in [2.24, 2.45) is 0 Å². The van der Waals surface area contributed by atoms with E-state index in [1.165, 1.54) is 6.42 Å². The molecule has 0 amide bonds. The van der Waals surface area contributed by atoms with Crippen molar-refractivity contribution in [3.05, 3.63) is 11.8 Å². The van der Waals surface area contributed by atoms with E-state index < -0.39 is 0 Å². The van der Waals surface area contributed by atoms with Gasteiger partial charge in [0.25, 0.3) is 0 Å². The van der Waals surface area contributed by atoms with Gasteiger partial charge in [0, 0.05) is 17.9 Å². The molecule has 84 valence electrons. The minimum atomic E-state index is -0.0483. The molecule has 2 heterocycles. The van der Waals surface area contributed by atoms with Crippen LogP contribution in [0.25, 0.3) is 0 Å². The normalized spacial score (nSPS) is 23.0. The lowest BCUT2D eigenvalue weighted by molar-refractivity contribution is 0.331. The summed E-state index contributed by atoms with van der Waals surface area (Å²) >= 11 is 0. The van der Waals surface area contributed by atoms with Crippen molar-refractivity contribution in [1.82, 2.24) is 15.5 Å². The zero-order valence-corrected chi connectivity index (χ0v) is 9.71. The van der Waals surface area contributed by atoms with Crippen molar-refractivity contribution in [3.8, 4) is 0 Å². The second-order valence-corrected chi connectivity index (χ2v) is 5.24. The minimum absolute atomic E-state index is 0.0483. The van der Waals surface area contributed by atoms with Crippen LogP contribution in [0.4, 0.5) is 0 Å². The number of aromatic nitrogens is 2. The van der Waals surface area contributed by atoms with Gasteiger partial charge >= 0.3 is 0 Å². The maximum Gasteiger partial charge on any atom is 0.221 e.